The minimum atomic E-state index is -0.0602. The van der Waals surface area contributed by atoms with Gasteiger partial charge in [-0.1, -0.05) is 13.0 Å². The lowest BCUT2D eigenvalue weighted by Crippen LogP contribution is -2.18. The number of aryl methyl sites for hydroxylation is 1. The Morgan fingerprint density at radius 1 is 1.36 bits per heavy atom. The van der Waals surface area contributed by atoms with Crippen LogP contribution in [0.4, 0.5) is 0 Å². The molecule has 3 nitrogen and oxygen atoms in total. The van der Waals surface area contributed by atoms with Gasteiger partial charge in [0, 0.05) is 19.2 Å². The lowest BCUT2D eigenvalue weighted by atomic mass is 10.0. The Labute approximate surface area is 84.3 Å². The SMILES string of the molecule is CCc1cc(CN)cc(C(=O)NC)c1. The molecule has 0 unspecified atom stereocenters. The molecular weight excluding hydrogens is 176 g/mol. The van der Waals surface area contributed by atoms with E-state index in [1.54, 1.807) is 7.05 Å². The fourth-order valence-electron chi connectivity index (χ4n) is 1.36. The summed E-state index contributed by atoms with van der Waals surface area (Å²) in [6.07, 6.45) is 0.915. The molecule has 0 fully saturated rings. The van der Waals surface area contributed by atoms with E-state index in [0.29, 0.717) is 12.1 Å². The fraction of sp³-hybridized carbons (Fsp3) is 0.364. The maximum Gasteiger partial charge on any atom is 0.251 e. The Hall–Kier alpha value is -1.35. The summed E-state index contributed by atoms with van der Waals surface area (Å²) in [5.41, 5.74) is 8.39. The highest BCUT2D eigenvalue weighted by Crippen LogP contribution is 2.10. The third kappa shape index (κ3) is 2.33. The van der Waals surface area contributed by atoms with Crippen LogP contribution in [0.3, 0.4) is 0 Å². The van der Waals surface area contributed by atoms with Gasteiger partial charge < -0.3 is 11.1 Å². The van der Waals surface area contributed by atoms with Crippen molar-refractivity contribution in [2.45, 2.75) is 19.9 Å². The van der Waals surface area contributed by atoms with Crippen molar-refractivity contribution < 1.29 is 4.79 Å². The molecule has 1 amide bonds. The highest BCUT2D eigenvalue weighted by atomic mass is 16.1. The van der Waals surface area contributed by atoms with Gasteiger partial charge in [0.15, 0.2) is 0 Å². The van der Waals surface area contributed by atoms with Gasteiger partial charge >= 0.3 is 0 Å². The van der Waals surface area contributed by atoms with Crippen molar-refractivity contribution in [3.8, 4) is 0 Å². The van der Waals surface area contributed by atoms with Crippen LogP contribution in [0.2, 0.25) is 0 Å². The number of nitrogens with two attached hydrogens (primary N) is 1. The molecule has 1 rings (SSSR count). The number of hydrogen-bond donors (Lipinski definition) is 2. The number of nitrogens with one attached hydrogen (secondary N) is 1. The molecule has 0 atom stereocenters. The maximum atomic E-state index is 11.4. The molecular formula is C11H16N2O. The third-order valence-corrected chi connectivity index (χ3v) is 2.19. The molecule has 0 radical (unpaired) electrons. The second-order valence-electron chi connectivity index (χ2n) is 3.17. The van der Waals surface area contributed by atoms with Crippen LogP contribution in [0.1, 0.15) is 28.4 Å². The Bertz CT molecular complexity index is 312. The van der Waals surface area contributed by atoms with Gasteiger partial charge in [0.05, 0.1) is 0 Å². The normalized spacial score (nSPS) is 9.93. The van der Waals surface area contributed by atoms with Crippen LogP contribution in [0, 0.1) is 0 Å². The molecule has 3 heteroatoms. The number of carbonyl (C=O) groups is 1. The molecule has 0 spiro atoms. The minimum Gasteiger partial charge on any atom is -0.355 e. The van der Waals surface area contributed by atoms with Gasteiger partial charge in [-0.3, -0.25) is 4.79 Å². The molecule has 0 saturated heterocycles. The second-order valence-corrected chi connectivity index (χ2v) is 3.17. The number of carbonyl (C=O) groups excluding carboxylic acids is 1. The first-order chi connectivity index (χ1) is 6.71. The average Bonchev–Trinajstić information content (AvgIpc) is 2.27. The highest BCUT2D eigenvalue weighted by molar-refractivity contribution is 5.94. The van der Waals surface area contributed by atoms with E-state index in [1.807, 2.05) is 18.2 Å². The monoisotopic (exact) mass is 192 g/mol. The summed E-state index contributed by atoms with van der Waals surface area (Å²) in [4.78, 5) is 11.4. The van der Waals surface area contributed by atoms with Crippen LogP contribution >= 0.6 is 0 Å². The Morgan fingerprint density at radius 3 is 2.50 bits per heavy atom. The van der Waals surface area contributed by atoms with E-state index in [-0.39, 0.29) is 5.91 Å². The molecule has 0 aliphatic heterocycles. The molecule has 0 aromatic heterocycles. The zero-order chi connectivity index (χ0) is 10.6. The van der Waals surface area contributed by atoms with E-state index >= 15 is 0 Å². The van der Waals surface area contributed by atoms with Crippen LogP contribution in [-0.4, -0.2) is 13.0 Å². The van der Waals surface area contributed by atoms with Gasteiger partial charge in [-0.05, 0) is 29.7 Å². The summed E-state index contributed by atoms with van der Waals surface area (Å²) in [7, 11) is 1.63. The quantitative estimate of drug-likeness (QED) is 0.752. The number of hydrogen-bond acceptors (Lipinski definition) is 2. The molecule has 0 heterocycles. The van der Waals surface area contributed by atoms with E-state index in [9.17, 15) is 4.79 Å². The maximum absolute atomic E-state index is 11.4. The van der Waals surface area contributed by atoms with E-state index in [4.69, 9.17) is 5.73 Å². The van der Waals surface area contributed by atoms with Crippen LogP contribution < -0.4 is 11.1 Å². The van der Waals surface area contributed by atoms with Crippen LogP contribution in [0.15, 0.2) is 18.2 Å². The van der Waals surface area contributed by atoms with E-state index in [0.717, 1.165) is 17.5 Å². The van der Waals surface area contributed by atoms with E-state index in [2.05, 4.69) is 12.2 Å². The first-order valence-corrected chi connectivity index (χ1v) is 4.76. The highest BCUT2D eigenvalue weighted by Gasteiger charge is 2.05. The van der Waals surface area contributed by atoms with Crippen molar-refractivity contribution in [2.24, 2.45) is 5.73 Å². The Balaban J connectivity index is 3.10. The molecule has 3 N–H and O–H groups in total. The number of amides is 1. The average molecular weight is 192 g/mol. The predicted octanol–water partition coefficient (Wildman–Crippen LogP) is 1.07. The summed E-state index contributed by atoms with van der Waals surface area (Å²) >= 11 is 0. The van der Waals surface area contributed by atoms with Gasteiger partial charge in [-0.15, -0.1) is 0 Å². The van der Waals surface area contributed by atoms with Gasteiger partial charge in [0.1, 0.15) is 0 Å². The summed E-state index contributed by atoms with van der Waals surface area (Å²) in [6.45, 7) is 2.53. The lowest BCUT2D eigenvalue weighted by molar-refractivity contribution is 0.0963. The zero-order valence-electron chi connectivity index (χ0n) is 8.63. The van der Waals surface area contributed by atoms with Crippen molar-refractivity contribution in [3.63, 3.8) is 0 Å². The van der Waals surface area contributed by atoms with E-state index < -0.39 is 0 Å². The summed E-state index contributed by atoms with van der Waals surface area (Å²) < 4.78 is 0. The number of rotatable bonds is 3. The molecule has 1 aromatic carbocycles. The summed E-state index contributed by atoms with van der Waals surface area (Å²) in [5, 5.41) is 2.60. The first-order valence-electron chi connectivity index (χ1n) is 4.76. The van der Waals surface area contributed by atoms with Gasteiger partial charge in [-0.25, -0.2) is 0 Å². The van der Waals surface area contributed by atoms with Crippen LogP contribution in [0.5, 0.6) is 0 Å². The minimum absolute atomic E-state index is 0.0602. The summed E-state index contributed by atoms with van der Waals surface area (Å²) in [6, 6.07) is 5.77. The first kappa shape index (κ1) is 10.7. The Kier molecular flexibility index (Phi) is 3.65. The lowest BCUT2D eigenvalue weighted by Gasteiger charge is -2.06. The molecule has 0 aliphatic carbocycles. The van der Waals surface area contributed by atoms with Gasteiger partial charge in [0.2, 0.25) is 0 Å². The van der Waals surface area contributed by atoms with Gasteiger partial charge in [-0.2, -0.15) is 0 Å². The van der Waals surface area contributed by atoms with Crippen molar-refractivity contribution in [1.29, 1.82) is 0 Å². The van der Waals surface area contributed by atoms with Crippen molar-refractivity contribution in [2.75, 3.05) is 7.05 Å². The van der Waals surface area contributed by atoms with Crippen LogP contribution in [-0.2, 0) is 13.0 Å². The molecule has 0 bridgehead atoms. The Morgan fingerprint density at radius 2 is 2.00 bits per heavy atom. The smallest absolute Gasteiger partial charge is 0.251 e. The van der Waals surface area contributed by atoms with Crippen molar-refractivity contribution >= 4 is 5.91 Å². The van der Waals surface area contributed by atoms with Crippen LogP contribution in [0.25, 0.3) is 0 Å². The largest absolute Gasteiger partial charge is 0.355 e. The second kappa shape index (κ2) is 4.77. The fourth-order valence-corrected chi connectivity index (χ4v) is 1.36. The molecule has 0 saturated carbocycles. The van der Waals surface area contributed by atoms with Gasteiger partial charge in [0.25, 0.3) is 5.91 Å². The number of benzene rings is 1. The van der Waals surface area contributed by atoms with Crippen molar-refractivity contribution in [3.05, 3.63) is 34.9 Å². The topological polar surface area (TPSA) is 55.1 Å². The molecule has 1 aromatic rings. The predicted molar refractivity (Wildman–Crippen MR) is 57.1 cm³/mol. The molecule has 0 aliphatic rings. The molecule has 14 heavy (non-hydrogen) atoms. The zero-order valence-corrected chi connectivity index (χ0v) is 8.63. The standard InChI is InChI=1S/C11H16N2O/c1-3-8-4-9(7-12)6-10(5-8)11(14)13-2/h4-6H,3,7,12H2,1-2H3,(H,13,14). The van der Waals surface area contributed by atoms with Crippen molar-refractivity contribution in [1.82, 2.24) is 5.32 Å². The summed E-state index contributed by atoms with van der Waals surface area (Å²) in [5.74, 6) is -0.0602. The molecule has 76 valence electrons. The van der Waals surface area contributed by atoms with E-state index in [1.165, 1.54) is 0 Å². The third-order valence-electron chi connectivity index (χ3n) is 2.19.